The van der Waals surface area contributed by atoms with Gasteiger partial charge in [-0.25, -0.2) is 14.4 Å². The number of fused-ring (bicyclic) bond motifs is 3. The van der Waals surface area contributed by atoms with Gasteiger partial charge in [0.2, 0.25) is 5.91 Å². The number of hydrogen-bond acceptors (Lipinski definition) is 5. The van der Waals surface area contributed by atoms with Crippen molar-refractivity contribution in [2.24, 2.45) is 0 Å². The summed E-state index contributed by atoms with van der Waals surface area (Å²) in [5.41, 5.74) is 1.60. The van der Waals surface area contributed by atoms with Gasteiger partial charge in [-0.1, -0.05) is 12.8 Å². The molecule has 4 aromatic heterocycles. The molecule has 1 aliphatic rings. The quantitative estimate of drug-likeness (QED) is 0.562. The monoisotopic (exact) mass is 406 g/mol. The molecular weight excluding hydrogens is 387 g/mol. The Kier molecular flexibility index (Phi) is 4.50. The number of amides is 1. The summed E-state index contributed by atoms with van der Waals surface area (Å²) in [5, 5.41) is 7.72. The molecular formula is C21H19FN6O2. The fourth-order valence-corrected chi connectivity index (χ4v) is 4.07. The van der Waals surface area contributed by atoms with Crippen molar-refractivity contribution in [3.8, 4) is 0 Å². The lowest BCUT2D eigenvalue weighted by atomic mass is 10.1. The van der Waals surface area contributed by atoms with E-state index < -0.39 is 11.7 Å². The van der Waals surface area contributed by atoms with Gasteiger partial charge in [-0.05, 0) is 37.1 Å². The number of carbonyl (C=O) groups is 1. The molecule has 8 nitrogen and oxygen atoms in total. The van der Waals surface area contributed by atoms with Crippen LogP contribution in [0.2, 0.25) is 0 Å². The van der Waals surface area contributed by atoms with Gasteiger partial charge in [0.05, 0.1) is 17.3 Å². The van der Waals surface area contributed by atoms with Gasteiger partial charge in [-0.3, -0.25) is 14.2 Å². The summed E-state index contributed by atoms with van der Waals surface area (Å²) < 4.78 is 16.1. The highest BCUT2D eigenvalue weighted by molar-refractivity contribution is 5.90. The minimum absolute atomic E-state index is 0.216. The van der Waals surface area contributed by atoms with Gasteiger partial charge in [0, 0.05) is 18.2 Å². The van der Waals surface area contributed by atoms with Crippen LogP contribution in [0.25, 0.3) is 16.7 Å². The number of nitrogens with zero attached hydrogens (tertiary/aromatic N) is 5. The Morgan fingerprint density at radius 2 is 2.03 bits per heavy atom. The molecule has 4 heterocycles. The molecule has 1 N–H and O–H groups in total. The maximum Gasteiger partial charge on any atom is 0.263 e. The highest BCUT2D eigenvalue weighted by atomic mass is 19.1. The zero-order chi connectivity index (χ0) is 20.7. The van der Waals surface area contributed by atoms with Crippen LogP contribution in [0.1, 0.15) is 37.3 Å². The Balaban J connectivity index is 1.58. The minimum atomic E-state index is -0.494. The smallest absolute Gasteiger partial charge is 0.263 e. The van der Waals surface area contributed by atoms with E-state index in [-0.39, 0.29) is 17.9 Å². The molecule has 0 unspecified atom stereocenters. The summed E-state index contributed by atoms with van der Waals surface area (Å²) in [5.74, 6) is -0.367. The van der Waals surface area contributed by atoms with Crippen LogP contribution >= 0.6 is 0 Å². The number of pyridine rings is 2. The topological polar surface area (TPSA) is 94.2 Å². The van der Waals surface area contributed by atoms with Gasteiger partial charge in [-0.2, -0.15) is 9.61 Å². The van der Waals surface area contributed by atoms with E-state index in [2.05, 4.69) is 15.3 Å². The highest BCUT2D eigenvalue weighted by Gasteiger charge is 2.23. The van der Waals surface area contributed by atoms with Crippen molar-refractivity contribution in [3.63, 3.8) is 0 Å². The molecule has 152 valence electrons. The van der Waals surface area contributed by atoms with Crippen LogP contribution < -0.4 is 10.9 Å². The van der Waals surface area contributed by atoms with Crippen LogP contribution in [0.15, 0.2) is 47.5 Å². The third-order valence-electron chi connectivity index (χ3n) is 5.52. The second-order valence-electron chi connectivity index (χ2n) is 7.50. The van der Waals surface area contributed by atoms with E-state index in [1.54, 1.807) is 22.8 Å². The second-order valence-corrected chi connectivity index (χ2v) is 7.50. The van der Waals surface area contributed by atoms with Crippen LogP contribution in [-0.4, -0.2) is 30.1 Å². The Morgan fingerprint density at radius 1 is 1.20 bits per heavy atom. The number of halogens is 1. The molecule has 0 radical (unpaired) electrons. The summed E-state index contributed by atoms with van der Waals surface area (Å²) in [4.78, 5) is 33.9. The van der Waals surface area contributed by atoms with E-state index in [0.29, 0.717) is 22.6 Å². The van der Waals surface area contributed by atoms with E-state index in [1.807, 2.05) is 6.07 Å². The molecule has 1 saturated carbocycles. The van der Waals surface area contributed by atoms with Crippen LogP contribution in [0.4, 0.5) is 10.2 Å². The molecule has 5 rings (SSSR count). The molecule has 0 bridgehead atoms. The van der Waals surface area contributed by atoms with Gasteiger partial charge in [-0.15, -0.1) is 0 Å². The van der Waals surface area contributed by atoms with Gasteiger partial charge in [0.15, 0.2) is 5.65 Å². The normalized spacial score (nSPS) is 14.6. The lowest BCUT2D eigenvalue weighted by Crippen LogP contribution is -2.29. The van der Waals surface area contributed by atoms with Gasteiger partial charge in [0.1, 0.15) is 23.8 Å². The van der Waals surface area contributed by atoms with Gasteiger partial charge >= 0.3 is 0 Å². The maximum absolute atomic E-state index is 13.1. The Morgan fingerprint density at radius 3 is 2.80 bits per heavy atom. The van der Waals surface area contributed by atoms with E-state index in [4.69, 9.17) is 5.10 Å². The summed E-state index contributed by atoms with van der Waals surface area (Å²) >= 11 is 0. The average molecular weight is 406 g/mol. The summed E-state index contributed by atoms with van der Waals surface area (Å²) in [7, 11) is 0. The predicted molar refractivity (Wildman–Crippen MR) is 109 cm³/mol. The van der Waals surface area contributed by atoms with Gasteiger partial charge < -0.3 is 5.32 Å². The molecule has 0 saturated heterocycles. The number of carbonyl (C=O) groups excluding carboxylic acids is 1. The molecule has 9 heteroatoms. The highest BCUT2D eigenvalue weighted by Crippen LogP contribution is 2.33. The molecule has 0 atom stereocenters. The molecule has 1 aliphatic carbocycles. The van der Waals surface area contributed by atoms with Crippen LogP contribution in [0, 0.1) is 5.82 Å². The largest absolute Gasteiger partial charge is 0.309 e. The average Bonchev–Trinajstić information content (AvgIpc) is 3.43. The zero-order valence-electron chi connectivity index (χ0n) is 16.1. The van der Waals surface area contributed by atoms with E-state index in [9.17, 15) is 14.0 Å². The maximum atomic E-state index is 13.1. The lowest BCUT2D eigenvalue weighted by Gasteiger charge is -2.10. The molecule has 0 aliphatic heterocycles. The Labute approximate surface area is 170 Å². The van der Waals surface area contributed by atoms with Crippen molar-refractivity contribution < 1.29 is 9.18 Å². The first kappa shape index (κ1) is 18.4. The van der Waals surface area contributed by atoms with Crippen molar-refractivity contribution in [3.05, 3.63) is 64.6 Å². The lowest BCUT2D eigenvalue weighted by molar-refractivity contribution is -0.116. The van der Waals surface area contributed by atoms with Crippen LogP contribution in [0.3, 0.4) is 0 Å². The Bertz CT molecular complexity index is 1310. The van der Waals surface area contributed by atoms with Crippen molar-refractivity contribution in [1.82, 2.24) is 24.1 Å². The van der Waals surface area contributed by atoms with E-state index in [1.165, 1.54) is 16.7 Å². The first-order valence-electron chi connectivity index (χ1n) is 9.89. The summed E-state index contributed by atoms with van der Waals surface area (Å²) in [6.07, 6.45) is 7.10. The fourth-order valence-electron chi connectivity index (χ4n) is 4.07. The van der Waals surface area contributed by atoms with Crippen molar-refractivity contribution in [2.75, 3.05) is 5.32 Å². The first-order valence-corrected chi connectivity index (χ1v) is 9.89. The van der Waals surface area contributed by atoms with Crippen molar-refractivity contribution >= 4 is 28.4 Å². The second kappa shape index (κ2) is 7.33. The molecule has 1 fully saturated rings. The number of nitrogens with one attached hydrogen (secondary N) is 1. The molecule has 4 aromatic rings. The predicted octanol–water partition coefficient (Wildman–Crippen LogP) is 2.87. The van der Waals surface area contributed by atoms with Crippen molar-refractivity contribution in [1.29, 1.82) is 0 Å². The Hall–Kier alpha value is -3.62. The SMILES string of the molecule is O=C(Cn1c(=O)c2cccnc2n2nc(C3CCCC3)cc12)Nc1ccc(F)cn1. The minimum Gasteiger partial charge on any atom is -0.309 e. The van der Waals surface area contributed by atoms with E-state index >= 15 is 0 Å². The summed E-state index contributed by atoms with van der Waals surface area (Å²) in [6, 6.07) is 7.82. The van der Waals surface area contributed by atoms with Crippen molar-refractivity contribution in [2.45, 2.75) is 38.1 Å². The molecule has 0 aromatic carbocycles. The fraction of sp³-hybridized carbons (Fsp3) is 0.286. The van der Waals surface area contributed by atoms with Crippen LogP contribution in [-0.2, 0) is 11.3 Å². The number of hydrogen-bond donors (Lipinski definition) is 1. The standard InChI is InChI=1S/C21H19FN6O2/c22-14-7-8-17(24-11-14)25-18(29)12-27-19-10-16(13-4-1-2-5-13)26-28(19)20-15(21(27)30)6-3-9-23-20/h3,6-11,13H,1-2,4-5,12H2,(H,24,25,29). The number of anilines is 1. The molecule has 1 amide bonds. The third-order valence-corrected chi connectivity index (χ3v) is 5.52. The number of rotatable bonds is 4. The third kappa shape index (κ3) is 3.22. The first-order chi connectivity index (χ1) is 14.6. The van der Waals surface area contributed by atoms with Gasteiger partial charge in [0.25, 0.3) is 5.56 Å². The van der Waals surface area contributed by atoms with E-state index in [0.717, 1.165) is 37.6 Å². The van der Waals surface area contributed by atoms with Crippen LogP contribution in [0.5, 0.6) is 0 Å². The molecule has 30 heavy (non-hydrogen) atoms. The number of aromatic nitrogens is 5. The zero-order valence-corrected chi connectivity index (χ0v) is 16.1. The molecule has 0 spiro atoms. The summed E-state index contributed by atoms with van der Waals surface area (Å²) in [6.45, 7) is -0.220.